The second kappa shape index (κ2) is 3.07. The number of rotatable bonds is 0. The van der Waals surface area contributed by atoms with Crippen LogP contribution in [0.5, 0.6) is 0 Å². The van der Waals surface area contributed by atoms with Crippen molar-refractivity contribution in [1.29, 1.82) is 0 Å². The van der Waals surface area contributed by atoms with Gasteiger partial charge in [0.05, 0.1) is 0 Å². The number of nitrogens with one attached hydrogen (secondary N) is 1. The first-order chi connectivity index (χ1) is 5.77. The van der Waals surface area contributed by atoms with Crippen LogP contribution in [0.25, 0.3) is 0 Å². The molecule has 0 fully saturated rings. The van der Waals surface area contributed by atoms with Gasteiger partial charge in [-0.05, 0) is 52.2 Å². The molecule has 2 nitrogen and oxygen atoms in total. The molecule has 64 valence electrons. The number of hydrogen-bond donors (Lipinski definition) is 2. The Morgan fingerprint density at radius 2 is 2.17 bits per heavy atom. The van der Waals surface area contributed by atoms with Gasteiger partial charge in [-0.25, -0.2) is 0 Å². The highest BCUT2D eigenvalue weighted by molar-refractivity contribution is 9.10. The number of benzene rings is 1. The summed E-state index contributed by atoms with van der Waals surface area (Å²) < 4.78 is 1.02. The van der Waals surface area contributed by atoms with Crippen molar-refractivity contribution in [3.8, 4) is 0 Å². The van der Waals surface area contributed by atoms with E-state index in [0.29, 0.717) is 0 Å². The van der Waals surface area contributed by atoms with Crippen molar-refractivity contribution in [3.63, 3.8) is 0 Å². The molecule has 0 saturated carbocycles. The van der Waals surface area contributed by atoms with E-state index in [1.807, 2.05) is 6.07 Å². The zero-order chi connectivity index (χ0) is 8.55. The molecule has 0 bridgehead atoms. The van der Waals surface area contributed by atoms with Gasteiger partial charge in [-0.2, -0.15) is 0 Å². The van der Waals surface area contributed by atoms with Crippen LogP contribution in [0.4, 0.5) is 5.69 Å². The first-order valence-corrected chi connectivity index (χ1v) is 4.84. The summed E-state index contributed by atoms with van der Waals surface area (Å²) in [6, 6.07) is 4.18. The Morgan fingerprint density at radius 1 is 1.33 bits per heavy atom. The van der Waals surface area contributed by atoms with E-state index in [9.17, 15) is 0 Å². The molecule has 3 N–H and O–H groups in total. The minimum Gasteiger partial charge on any atom is -0.398 e. The maximum absolute atomic E-state index is 5.77. The van der Waals surface area contributed by atoms with Crippen molar-refractivity contribution in [1.82, 2.24) is 5.32 Å². The van der Waals surface area contributed by atoms with Crippen molar-refractivity contribution in [3.05, 3.63) is 27.7 Å². The predicted octanol–water partition coefficient (Wildman–Crippen LogP) is 1.68. The Hall–Kier alpha value is -0.540. The molecule has 2 rings (SSSR count). The molecule has 1 heterocycles. The molecular formula is C9H11BrN2. The largest absolute Gasteiger partial charge is 0.398 e. The third kappa shape index (κ3) is 1.34. The van der Waals surface area contributed by atoms with Gasteiger partial charge < -0.3 is 11.1 Å². The Labute approximate surface area is 80.3 Å². The third-order valence-electron chi connectivity index (χ3n) is 2.21. The van der Waals surface area contributed by atoms with Gasteiger partial charge >= 0.3 is 0 Å². The summed E-state index contributed by atoms with van der Waals surface area (Å²) in [6.45, 7) is 2.02. The van der Waals surface area contributed by atoms with Crippen molar-refractivity contribution >= 4 is 21.6 Å². The van der Waals surface area contributed by atoms with Gasteiger partial charge in [0.25, 0.3) is 0 Å². The van der Waals surface area contributed by atoms with Crippen LogP contribution < -0.4 is 11.1 Å². The first-order valence-electron chi connectivity index (χ1n) is 4.05. The second-order valence-corrected chi connectivity index (χ2v) is 3.92. The van der Waals surface area contributed by atoms with Crippen LogP contribution in [-0.2, 0) is 13.0 Å². The third-order valence-corrected chi connectivity index (χ3v) is 2.89. The summed E-state index contributed by atoms with van der Waals surface area (Å²) in [5.41, 5.74) is 9.35. The molecule has 0 amide bonds. The fourth-order valence-electron chi connectivity index (χ4n) is 1.52. The quantitative estimate of drug-likeness (QED) is 0.661. The number of anilines is 1. The van der Waals surface area contributed by atoms with E-state index in [1.165, 1.54) is 11.1 Å². The maximum Gasteiger partial charge on any atom is 0.0461 e. The highest BCUT2D eigenvalue weighted by atomic mass is 79.9. The monoisotopic (exact) mass is 226 g/mol. The maximum atomic E-state index is 5.77. The van der Waals surface area contributed by atoms with Crippen molar-refractivity contribution in [2.24, 2.45) is 0 Å². The fraction of sp³-hybridized carbons (Fsp3) is 0.333. The van der Waals surface area contributed by atoms with Gasteiger partial charge in [0.15, 0.2) is 0 Å². The summed E-state index contributed by atoms with van der Waals surface area (Å²) in [5, 5.41) is 3.32. The summed E-state index contributed by atoms with van der Waals surface area (Å²) >= 11 is 3.43. The zero-order valence-corrected chi connectivity index (χ0v) is 8.32. The average molecular weight is 227 g/mol. The molecule has 12 heavy (non-hydrogen) atoms. The molecule has 0 radical (unpaired) electrons. The van der Waals surface area contributed by atoms with Crippen molar-refractivity contribution in [2.45, 2.75) is 13.0 Å². The van der Waals surface area contributed by atoms with Crippen LogP contribution in [0.1, 0.15) is 11.1 Å². The highest BCUT2D eigenvalue weighted by Crippen LogP contribution is 2.25. The van der Waals surface area contributed by atoms with Gasteiger partial charge in [0.1, 0.15) is 0 Å². The summed E-state index contributed by atoms with van der Waals surface area (Å²) in [6.07, 6.45) is 1.11. The molecule has 0 aromatic heterocycles. The topological polar surface area (TPSA) is 38.0 Å². The van der Waals surface area contributed by atoms with Crippen LogP contribution in [0.2, 0.25) is 0 Å². The van der Waals surface area contributed by atoms with Gasteiger partial charge in [-0.3, -0.25) is 0 Å². The van der Waals surface area contributed by atoms with Gasteiger partial charge in [0, 0.05) is 16.7 Å². The number of fused-ring (bicyclic) bond motifs is 1. The number of nitrogens with two attached hydrogens (primary N) is 1. The highest BCUT2D eigenvalue weighted by Gasteiger charge is 2.09. The van der Waals surface area contributed by atoms with E-state index in [1.54, 1.807) is 0 Å². The zero-order valence-electron chi connectivity index (χ0n) is 6.73. The van der Waals surface area contributed by atoms with Crippen LogP contribution >= 0.6 is 15.9 Å². The van der Waals surface area contributed by atoms with Crippen molar-refractivity contribution < 1.29 is 0 Å². The van der Waals surface area contributed by atoms with E-state index in [-0.39, 0.29) is 0 Å². The molecule has 1 aromatic rings. The molecule has 0 spiro atoms. The number of hydrogen-bond acceptors (Lipinski definition) is 2. The van der Waals surface area contributed by atoms with Crippen LogP contribution in [0.15, 0.2) is 16.6 Å². The standard InChI is InChI=1S/C9H11BrN2/c10-8-3-6-1-2-12-5-7(6)4-9(8)11/h3-4,12H,1-2,5,11H2. The molecule has 1 aliphatic rings. The summed E-state index contributed by atoms with van der Waals surface area (Å²) in [5.74, 6) is 0. The summed E-state index contributed by atoms with van der Waals surface area (Å²) in [4.78, 5) is 0. The fourth-order valence-corrected chi connectivity index (χ4v) is 1.91. The normalized spacial score (nSPS) is 15.8. The van der Waals surface area contributed by atoms with E-state index in [0.717, 1.165) is 29.7 Å². The lowest BCUT2D eigenvalue weighted by atomic mass is 10.0. The van der Waals surface area contributed by atoms with Crippen LogP contribution in [0.3, 0.4) is 0 Å². The Kier molecular flexibility index (Phi) is 2.07. The first kappa shape index (κ1) is 8.08. The second-order valence-electron chi connectivity index (χ2n) is 3.07. The minimum atomic E-state index is 0.831. The molecule has 3 heteroatoms. The Balaban J connectivity index is 2.49. The number of halogens is 1. The van der Waals surface area contributed by atoms with E-state index in [4.69, 9.17) is 5.73 Å². The number of nitrogen functional groups attached to an aromatic ring is 1. The molecule has 0 unspecified atom stereocenters. The smallest absolute Gasteiger partial charge is 0.0461 e. The summed E-state index contributed by atoms with van der Waals surface area (Å²) in [7, 11) is 0. The van der Waals surface area contributed by atoms with Crippen molar-refractivity contribution in [2.75, 3.05) is 12.3 Å². The Morgan fingerprint density at radius 3 is 3.00 bits per heavy atom. The molecule has 1 aromatic carbocycles. The van der Waals surface area contributed by atoms with Gasteiger partial charge in [0.2, 0.25) is 0 Å². The molecule has 1 aliphatic heterocycles. The lowest BCUT2D eigenvalue weighted by Gasteiger charge is -2.17. The predicted molar refractivity (Wildman–Crippen MR) is 54.0 cm³/mol. The SMILES string of the molecule is Nc1cc2c(cc1Br)CCNC2. The molecular weight excluding hydrogens is 216 g/mol. The lowest BCUT2D eigenvalue weighted by Crippen LogP contribution is -2.23. The molecule has 0 saturated heterocycles. The minimum absolute atomic E-state index is 0.831. The van der Waals surface area contributed by atoms with Crippen LogP contribution in [-0.4, -0.2) is 6.54 Å². The van der Waals surface area contributed by atoms with E-state index in [2.05, 4.69) is 27.3 Å². The van der Waals surface area contributed by atoms with Gasteiger partial charge in [-0.1, -0.05) is 0 Å². The average Bonchev–Trinajstić information content (AvgIpc) is 2.07. The lowest BCUT2D eigenvalue weighted by molar-refractivity contribution is 0.644. The molecule has 0 atom stereocenters. The Bertz CT molecular complexity index is 279. The molecule has 0 aliphatic carbocycles. The van der Waals surface area contributed by atoms with E-state index >= 15 is 0 Å². The van der Waals surface area contributed by atoms with Crippen LogP contribution in [0, 0.1) is 0 Å². The van der Waals surface area contributed by atoms with E-state index < -0.39 is 0 Å². The van der Waals surface area contributed by atoms with Gasteiger partial charge in [-0.15, -0.1) is 0 Å².